The Labute approximate surface area is 127 Å². The second-order valence-electron chi connectivity index (χ2n) is 5.50. The van der Waals surface area contributed by atoms with E-state index in [1.807, 2.05) is 24.3 Å². The van der Waals surface area contributed by atoms with Crippen LogP contribution in [0.5, 0.6) is 0 Å². The summed E-state index contributed by atoms with van der Waals surface area (Å²) in [7, 11) is 0. The van der Waals surface area contributed by atoms with Gasteiger partial charge in [0.15, 0.2) is 0 Å². The Kier molecular flexibility index (Phi) is 2.86. The summed E-state index contributed by atoms with van der Waals surface area (Å²) in [6.45, 7) is 0. The number of nitrogen functional groups attached to an aromatic ring is 1. The third-order valence-electron chi connectivity index (χ3n) is 4.26. The van der Waals surface area contributed by atoms with Crippen molar-refractivity contribution in [3.05, 3.63) is 41.8 Å². The minimum atomic E-state index is 0.530. The molecule has 0 radical (unpaired) electrons. The van der Waals surface area contributed by atoms with Crippen molar-refractivity contribution in [2.24, 2.45) is 0 Å². The first-order valence-corrected chi connectivity index (χ1v) is 7.49. The number of aromatic nitrogens is 3. The maximum absolute atomic E-state index is 6.11. The molecule has 2 aromatic heterocycles. The molecule has 2 heterocycles. The minimum Gasteiger partial charge on any atom is -0.383 e. The molecule has 1 aromatic carbocycles. The van der Waals surface area contributed by atoms with Gasteiger partial charge < -0.3 is 10.3 Å². The molecule has 0 amide bonds. The molecule has 0 spiro atoms. The molecule has 21 heavy (non-hydrogen) atoms. The van der Waals surface area contributed by atoms with Crippen LogP contribution >= 0.6 is 11.6 Å². The molecule has 1 fully saturated rings. The highest BCUT2D eigenvalue weighted by Gasteiger charge is 2.24. The van der Waals surface area contributed by atoms with E-state index in [1.54, 1.807) is 6.33 Å². The first kappa shape index (κ1) is 12.7. The van der Waals surface area contributed by atoms with Crippen LogP contribution in [0.25, 0.3) is 22.2 Å². The fraction of sp³-hybridized carbons (Fsp3) is 0.250. The number of halogens is 1. The third-order valence-corrected chi connectivity index (χ3v) is 4.51. The predicted octanol–water partition coefficient (Wildman–Crippen LogP) is 4.06. The molecule has 0 atom stereocenters. The average molecular weight is 299 g/mol. The first-order valence-electron chi connectivity index (χ1n) is 7.11. The van der Waals surface area contributed by atoms with Crippen molar-refractivity contribution in [2.45, 2.75) is 25.3 Å². The minimum absolute atomic E-state index is 0.530. The van der Waals surface area contributed by atoms with Crippen LogP contribution in [-0.2, 0) is 0 Å². The van der Waals surface area contributed by atoms with Gasteiger partial charge in [0.05, 0.1) is 5.39 Å². The predicted molar refractivity (Wildman–Crippen MR) is 85.3 cm³/mol. The number of hydrogen-bond acceptors (Lipinski definition) is 3. The molecule has 2 N–H and O–H groups in total. The van der Waals surface area contributed by atoms with Gasteiger partial charge in [-0.3, -0.25) is 0 Å². The van der Waals surface area contributed by atoms with Gasteiger partial charge in [-0.15, -0.1) is 0 Å². The fourth-order valence-corrected chi connectivity index (χ4v) is 3.03. The lowest BCUT2D eigenvalue weighted by Crippen LogP contribution is -2.16. The summed E-state index contributed by atoms with van der Waals surface area (Å²) in [5.74, 6) is 0.531. The normalized spacial score (nSPS) is 15.3. The Morgan fingerprint density at radius 3 is 2.57 bits per heavy atom. The van der Waals surface area contributed by atoms with Crippen LogP contribution in [0.15, 0.2) is 36.8 Å². The van der Waals surface area contributed by atoms with Crippen molar-refractivity contribution in [3.63, 3.8) is 0 Å². The topological polar surface area (TPSA) is 56.7 Å². The van der Waals surface area contributed by atoms with E-state index >= 15 is 0 Å². The van der Waals surface area contributed by atoms with E-state index in [4.69, 9.17) is 17.3 Å². The van der Waals surface area contributed by atoms with E-state index in [0.717, 1.165) is 27.2 Å². The molecule has 4 rings (SSSR count). The standard InChI is InChI=1S/C16H15ClN4/c17-11-6-4-10(5-7-11)13-8-21(12-2-1-3-12)16-14(13)15(18)19-9-20-16/h4-9,12H,1-3H2,(H2,18,19,20). The lowest BCUT2D eigenvalue weighted by molar-refractivity contribution is 0.320. The van der Waals surface area contributed by atoms with Crippen molar-refractivity contribution in [1.29, 1.82) is 0 Å². The largest absolute Gasteiger partial charge is 0.383 e. The maximum atomic E-state index is 6.11. The molecule has 3 aromatic rings. The van der Waals surface area contributed by atoms with Gasteiger partial charge in [0.25, 0.3) is 0 Å². The van der Waals surface area contributed by atoms with Crippen LogP contribution < -0.4 is 5.73 Å². The highest BCUT2D eigenvalue weighted by molar-refractivity contribution is 6.30. The molecule has 5 heteroatoms. The van der Waals surface area contributed by atoms with E-state index in [9.17, 15) is 0 Å². The summed E-state index contributed by atoms with van der Waals surface area (Å²) < 4.78 is 2.25. The van der Waals surface area contributed by atoms with Crippen LogP contribution in [0.1, 0.15) is 25.3 Å². The molecule has 0 bridgehead atoms. The highest BCUT2D eigenvalue weighted by Crippen LogP contribution is 2.39. The third kappa shape index (κ3) is 1.98. The summed E-state index contributed by atoms with van der Waals surface area (Å²) in [5, 5.41) is 1.66. The molecule has 106 valence electrons. The van der Waals surface area contributed by atoms with Gasteiger partial charge in [0.1, 0.15) is 17.8 Å². The van der Waals surface area contributed by atoms with Gasteiger partial charge in [0, 0.05) is 22.8 Å². The van der Waals surface area contributed by atoms with Crippen molar-refractivity contribution in [1.82, 2.24) is 14.5 Å². The number of anilines is 1. The van der Waals surface area contributed by atoms with Gasteiger partial charge in [-0.1, -0.05) is 23.7 Å². The van der Waals surface area contributed by atoms with Gasteiger partial charge in [-0.2, -0.15) is 0 Å². The summed E-state index contributed by atoms with van der Waals surface area (Å²) in [6, 6.07) is 8.33. The number of benzene rings is 1. The quantitative estimate of drug-likeness (QED) is 0.776. The molecule has 1 saturated carbocycles. The summed E-state index contributed by atoms with van der Waals surface area (Å²) >= 11 is 5.98. The zero-order valence-electron chi connectivity index (χ0n) is 11.5. The van der Waals surface area contributed by atoms with Gasteiger partial charge >= 0.3 is 0 Å². The highest BCUT2D eigenvalue weighted by atomic mass is 35.5. The van der Waals surface area contributed by atoms with Crippen molar-refractivity contribution < 1.29 is 0 Å². The van der Waals surface area contributed by atoms with Crippen molar-refractivity contribution >= 4 is 28.5 Å². The SMILES string of the molecule is Nc1ncnc2c1c(-c1ccc(Cl)cc1)cn2C1CCC1. The van der Waals surface area contributed by atoms with Crippen LogP contribution in [0, 0.1) is 0 Å². The first-order chi connectivity index (χ1) is 10.2. The molecule has 0 saturated heterocycles. The molecule has 0 unspecified atom stereocenters. The number of hydrogen-bond donors (Lipinski definition) is 1. The number of rotatable bonds is 2. The zero-order valence-corrected chi connectivity index (χ0v) is 12.2. The van der Waals surface area contributed by atoms with Gasteiger partial charge in [-0.05, 0) is 37.0 Å². The smallest absolute Gasteiger partial charge is 0.146 e. The van der Waals surface area contributed by atoms with E-state index in [2.05, 4.69) is 20.7 Å². The maximum Gasteiger partial charge on any atom is 0.146 e. The Morgan fingerprint density at radius 2 is 1.90 bits per heavy atom. The molecule has 4 nitrogen and oxygen atoms in total. The molecular formula is C16H15ClN4. The van der Waals surface area contributed by atoms with E-state index in [1.165, 1.54) is 19.3 Å². The second-order valence-corrected chi connectivity index (χ2v) is 5.94. The van der Waals surface area contributed by atoms with E-state index in [-0.39, 0.29) is 0 Å². The molecule has 1 aliphatic rings. The van der Waals surface area contributed by atoms with Crippen LogP contribution in [0.2, 0.25) is 5.02 Å². The lowest BCUT2D eigenvalue weighted by Gasteiger charge is -2.27. The molecule has 1 aliphatic carbocycles. The monoisotopic (exact) mass is 298 g/mol. The van der Waals surface area contributed by atoms with E-state index < -0.39 is 0 Å². The van der Waals surface area contributed by atoms with Crippen molar-refractivity contribution in [2.75, 3.05) is 5.73 Å². The van der Waals surface area contributed by atoms with Gasteiger partial charge in [-0.25, -0.2) is 9.97 Å². The number of nitrogens with zero attached hydrogens (tertiary/aromatic N) is 3. The van der Waals surface area contributed by atoms with Gasteiger partial charge in [0.2, 0.25) is 0 Å². The Hall–Kier alpha value is -2.07. The number of fused-ring (bicyclic) bond motifs is 1. The van der Waals surface area contributed by atoms with Crippen LogP contribution in [-0.4, -0.2) is 14.5 Å². The summed E-state index contributed by atoms with van der Waals surface area (Å²) in [5.41, 5.74) is 9.20. The molecular weight excluding hydrogens is 284 g/mol. The van der Waals surface area contributed by atoms with Crippen molar-refractivity contribution in [3.8, 4) is 11.1 Å². The summed E-state index contributed by atoms with van der Waals surface area (Å²) in [4.78, 5) is 8.61. The Morgan fingerprint density at radius 1 is 1.14 bits per heavy atom. The number of nitrogens with two attached hydrogens (primary N) is 1. The Balaban J connectivity index is 1.97. The Bertz CT molecular complexity index is 803. The molecule has 0 aliphatic heterocycles. The van der Waals surface area contributed by atoms with Crippen LogP contribution in [0.3, 0.4) is 0 Å². The fourth-order valence-electron chi connectivity index (χ4n) is 2.90. The van der Waals surface area contributed by atoms with Crippen LogP contribution in [0.4, 0.5) is 5.82 Å². The summed E-state index contributed by atoms with van der Waals surface area (Å²) in [6.07, 6.45) is 7.38. The van der Waals surface area contributed by atoms with E-state index in [0.29, 0.717) is 11.9 Å². The zero-order chi connectivity index (χ0) is 14.4. The average Bonchev–Trinajstić information content (AvgIpc) is 2.79. The second kappa shape index (κ2) is 4.74. The lowest BCUT2D eigenvalue weighted by atomic mass is 9.93.